The zero-order chi connectivity index (χ0) is 10.7. The molecule has 2 heterocycles. The molecule has 0 N–H and O–H groups in total. The molecule has 0 aromatic carbocycles. The van der Waals surface area contributed by atoms with E-state index in [9.17, 15) is 0 Å². The first kappa shape index (κ1) is 11.3. The Kier molecular flexibility index (Phi) is 3.91. The summed E-state index contributed by atoms with van der Waals surface area (Å²) < 4.78 is 9.86. The molecule has 1 aliphatic heterocycles. The molecule has 1 saturated heterocycles. The molecular weight excluding hydrogens is 234 g/mol. The number of likely N-dealkylation sites (tertiary alicyclic amines) is 1. The molecule has 4 nitrogen and oxygen atoms in total. The molecule has 2 rings (SSSR count). The molecule has 0 bridgehead atoms. The van der Waals surface area contributed by atoms with Crippen molar-refractivity contribution in [2.75, 3.05) is 20.2 Å². The van der Waals surface area contributed by atoms with Crippen LogP contribution in [0, 0.1) is 0 Å². The lowest BCUT2D eigenvalue weighted by atomic mass is 10.1. The van der Waals surface area contributed by atoms with Gasteiger partial charge in [-0.05, 0) is 12.8 Å². The quantitative estimate of drug-likeness (QED) is 0.817. The van der Waals surface area contributed by atoms with Crippen LogP contribution in [0.5, 0.6) is 0 Å². The Morgan fingerprint density at radius 2 is 2.27 bits per heavy atom. The zero-order valence-corrected chi connectivity index (χ0v) is 10.2. The van der Waals surface area contributed by atoms with Crippen LogP contribution in [0.25, 0.3) is 0 Å². The van der Waals surface area contributed by atoms with E-state index in [1.807, 2.05) is 0 Å². The van der Waals surface area contributed by atoms with Gasteiger partial charge in [0, 0.05) is 38.3 Å². The minimum Gasteiger partial charge on any atom is -0.381 e. The number of hydrogen-bond donors (Lipinski definition) is 0. The second-order valence-corrected chi connectivity index (χ2v) is 5.06. The minimum atomic E-state index is 0.422. The molecule has 0 unspecified atom stereocenters. The predicted octanol–water partition coefficient (Wildman–Crippen LogP) is 1.80. The Bertz CT molecular complexity index is 312. The van der Waals surface area contributed by atoms with Crippen molar-refractivity contribution in [1.82, 2.24) is 14.5 Å². The van der Waals surface area contributed by atoms with Gasteiger partial charge in [-0.15, -0.1) is 5.10 Å². The van der Waals surface area contributed by atoms with Crippen molar-refractivity contribution in [3.05, 3.63) is 10.0 Å². The fraction of sp³-hybridized carbons (Fsp3) is 0.778. The Morgan fingerprint density at radius 3 is 2.80 bits per heavy atom. The zero-order valence-electron chi connectivity index (χ0n) is 8.65. The average molecular weight is 248 g/mol. The molecule has 1 aromatic heterocycles. The van der Waals surface area contributed by atoms with Gasteiger partial charge in [0.05, 0.1) is 6.10 Å². The lowest BCUT2D eigenvalue weighted by molar-refractivity contribution is 0.0385. The van der Waals surface area contributed by atoms with Crippen LogP contribution in [0.3, 0.4) is 0 Å². The van der Waals surface area contributed by atoms with Crippen LogP contribution < -0.4 is 0 Å². The number of rotatable bonds is 3. The molecule has 0 radical (unpaired) electrons. The van der Waals surface area contributed by atoms with Crippen LogP contribution in [0.15, 0.2) is 0 Å². The molecule has 1 aliphatic rings. The van der Waals surface area contributed by atoms with Gasteiger partial charge in [0.2, 0.25) is 0 Å². The second-order valence-electron chi connectivity index (χ2n) is 3.70. The van der Waals surface area contributed by atoms with Crippen LogP contribution in [0.2, 0.25) is 4.34 Å². The van der Waals surface area contributed by atoms with Crippen molar-refractivity contribution < 1.29 is 4.74 Å². The highest BCUT2D eigenvalue weighted by molar-refractivity contribution is 7.10. The standard InChI is InChI=1S/C9H14ClN3OS/c1-14-7-2-4-13(5-3-7)6-8-9(10)15-12-11-8/h7H,2-6H2,1H3. The first-order chi connectivity index (χ1) is 7.29. The number of ether oxygens (including phenoxy) is 1. The molecule has 0 saturated carbocycles. The van der Waals surface area contributed by atoms with Crippen molar-refractivity contribution in [2.45, 2.75) is 25.5 Å². The van der Waals surface area contributed by atoms with E-state index in [1.54, 1.807) is 7.11 Å². The summed E-state index contributed by atoms with van der Waals surface area (Å²) in [5, 5.41) is 4.01. The van der Waals surface area contributed by atoms with Gasteiger partial charge in [-0.3, -0.25) is 4.90 Å². The number of aromatic nitrogens is 2. The second kappa shape index (κ2) is 5.21. The summed E-state index contributed by atoms with van der Waals surface area (Å²) in [4.78, 5) is 2.35. The van der Waals surface area contributed by atoms with Crippen molar-refractivity contribution >= 4 is 23.1 Å². The van der Waals surface area contributed by atoms with Crippen LogP contribution in [0.4, 0.5) is 0 Å². The number of hydrogen-bond acceptors (Lipinski definition) is 5. The highest BCUT2D eigenvalue weighted by Crippen LogP contribution is 2.21. The average Bonchev–Trinajstić information content (AvgIpc) is 2.66. The largest absolute Gasteiger partial charge is 0.381 e. The predicted molar refractivity (Wildman–Crippen MR) is 60.2 cm³/mol. The van der Waals surface area contributed by atoms with E-state index >= 15 is 0 Å². The lowest BCUT2D eigenvalue weighted by Crippen LogP contribution is -2.36. The summed E-state index contributed by atoms with van der Waals surface area (Å²) in [5.41, 5.74) is 0.900. The summed E-state index contributed by atoms with van der Waals surface area (Å²) in [6.07, 6.45) is 2.60. The van der Waals surface area contributed by atoms with Gasteiger partial charge < -0.3 is 4.74 Å². The van der Waals surface area contributed by atoms with Crippen LogP contribution in [-0.4, -0.2) is 40.8 Å². The summed E-state index contributed by atoms with van der Waals surface area (Å²) in [5.74, 6) is 0. The van der Waals surface area contributed by atoms with Gasteiger partial charge in [0.25, 0.3) is 0 Å². The number of nitrogens with zero attached hydrogens (tertiary/aromatic N) is 3. The van der Waals surface area contributed by atoms with Gasteiger partial charge in [-0.2, -0.15) is 0 Å². The SMILES string of the molecule is COC1CCN(Cc2nnsc2Cl)CC1. The maximum absolute atomic E-state index is 5.96. The Morgan fingerprint density at radius 1 is 1.53 bits per heavy atom. The molecule has 0 spiro atoms. The monoisotopic (exact) mass is 247 g/mol. The maximum Gasteiger partial charge on any atom is 0.138 e. The molecular formula is C9H14ClN3OS. The van der Waals surface area contributed by atoms with E-state index in [0.29, 0.717) is 10.4 Å². The normalized spacial score (nSPS) is 19.6. The van der Waals surface area contributed by atoms with E-state index in [2.05, 4.69) is 14.5 Å². The Hall–Kier alpha value is -0.230. The molecule has 15 heavy (non-hydrogen) atoms. The van der Waals surface area contributed by atoms with Gasteiger partial charge in [-0.25, -0.2) is 0 Å². The minimum absolute atomic E-state index is 0.422. The van der Waals surface area contributed by atoms with Crippen molar-refractivity contribution in [2.24, 2.45) is 0 Å². The van der Waals surface area contributed by atoms with Gasteiger partial charge >= 0.3 is 0 Å². The van der Waals surface area contributed by atoms with E-state index in [0.717, 1.165) is 38.2 Å². The summed E-state index contributed by atoms with van der Waals surface area (Å²) in [7, 11) is 1.78. The molecule has 6 heteroatoms. The molecule has 0 atom stereocenters. The fourth-order valence-corrected chi connectivity index (χ4v) is 2.42. The van der Waals surface area contributed by atoms with E-state index in [4.69, 9.17) is 16.3 Å². The van der Waals surface area contributed by atoms with Gasteiger partial charge in [0.15, 0.2) is 0 Å². The first-order valence-electron chi connectivity index (χ1n) is 5.01. The van der Waals surface area contributed by atoms with Crippen LogP contribution in [-0.2, 0) is 11.3 Å². The third kappa shape index (κ3) is 2.87. The summed E-state index contributed by atoms with van der Waals surface area (Å²) in [6, 6.07) is 0. The molecule has 1 fully saturated rings. The first-order valence-corrected chi connectivity index (χ1v) is 6.16. The number of methoxy groups -OCH3 is 1. The van der Waals surface area contributed by atoms with Crippen LogP contribution in [0.1, 0.15) is 18.5 Å². The fourth-order valence-electron chi connectivity index (χ4n) is 1.81. The topological polar surface area (TPSA) is 38.2 Å². The third-order valence-corrected chi connectivity index (χ3v) is 3.74. The number of piperidine rings is 1. The third-order valence-electron chi connectivity index (χ3n) is 2.75. The van der Waals surface area contributed by atoms with E-state index in [-0.39, 0.29) is 0 Å². The number of halogens is 1. The highest BCUT2D eigenvalue weighted by Gasteiger charge is 2.20. The lowest BCUT2D eigenvalue weighted by Gasteiger charge is -2.30. The van der Waals surface area contributed by atoms with Gasteiger partial charge in [-0.1, -0.05) is 16.1 Å². The Labute approximate surface area is 98.3 Å². The smallest absolute Gasteiger partial charge is 0.138 e. The summed E-state index contributed by atoms with van der Waals surface area (Å²) >= 11 is 7.21. The van der Waals surface area contributed by atoms with Crippen molar-refractivity contribution in [3.8, 4) is 0 Å². The van der Waals surface area contributed by atoms with Crippen LogP contribution >= 0.6 is 23.1 Å². The summed E-state index contributed by atoms with van der Waals surface area (Å²) in [6.45, 7) is 2.91. The highest BCUT2D eigenvalue weighted by atomic mass is 35.5. The van der Waals surface area contributed by atoms with Gasteiger partial charge in [0.1, 0.15) is 10.0 Å². The maximum atomic E-state index is 5.96. The molecule has 0 aliphatic carbocycles. The van der Waals surface area contributed by atoms with E-state index < -0.39 is 0 Å². The molecule has 84 valence electrons. The van der Waals surface area contributed by atoms with Crippen molar-refractivity contribution in [3.63, 3.8) is 0 Å². The van der Waals surface area contributed by atoms with E-state index in [1.165, 1.54) is 11.5 Å². The van der Waals surface area contributed by atoms with Crippen molar-refractivity contribution in [1.29, 1.82) is 0 Å². The Balaban J connectivity index is 1.85. The molecule has 0 amide bonds. The molecule has 1 aromatic rings.